The molecule has 0 spiro atoms. The number of hydrogen-bond donors (Lipinski definition) is 2. The Bertz CT molecular complexity index is 1440. The van der Waals surface area contributed by atoms with E-state index in [9.17, 15) is 14.4 Å². The Balaban J connectivity index is 1.76. The van der Waals surface area contributed by atoms with Crippen molar-refractivity contribution in [1.82, 2.24) is 10.2 Å². The van der Waals surface area contributed by atoms with E-state index < -0.39 is 23.8 Å². The normalized spacial score (nSPS) is 18.5. The number of amides is 3. The first-order chi connectivity index (χ1) is 19.8. The van der Waals surface area contributed by atoms with Crippen LogP contribution in [0.4, 0.5) is 10.5 Å². The van der Waals surface area contributed by atoms with Crippen molar-refractivity contribution in [3.63, 3.8) is 0 Å². The van der Waals surface area contributed by atoms with Gasteiger partial charge in [-0.3, -0.25) is 9.59 Å². The summed E-state index contributed by atoms with van der Waals surface area (Å²) in [4.78, 5) is 43.5. The van der Waals surface area contributed by atoms with Crippen molar-refractivity contribution < 1.29 is 19.1 Å². The molecule has 3 amide bonds. The number of nitrogens with zero attached hydrogens (tertiary/aromatic N) is 1. The van der Waals surface area contributed by atoms with Gasteiger partial charge in [0.2, 0.25) is 5.91 Å². The van der Waals surface area contributed by atoms with Crippen LogP contribution in [0.2, 0.25) is 0 Å². The van der Waals surface area contributed by atoms with Crippen LogP contribution in [0.15, 0.2) is 60.7 Å². The summed E-state index contributed by atoms with van der Waals surface area (Å²) in [5, 5.41) is 8.06. The second-order valence-corrected chi connectivity index (χ2v) is 12.9. The van der Waals surface area contributed by atoms with E-state index in [0.29, 0.717) is 12.1 Å². The van der Waals surface area contributed by atoms with Crippen LogP contribution < -0.4 is 10.6 Å². The Morgan fingerprint density at radius 1 is 0.976 bits per heavy atom. The first-order valence-corrected chi connectivity index (χ1v) is 15.0. The molecule has 5 atom stereocenters. The lowest BCUT2D eigenvalue weighted by Gasteiger charge is -2.36. The summed E-state index contributed by atoms with van der Waals surface area (Å²) in [5.41, 5.74) is 2.72. The van der Waals surface area contributed by atoms with E-state index in [2.05, 4.69) is 23.6 Å². The van der Waals surface area contributed by atoms with Crippen LogP contribution in [-0.2, 0) is 14.3 Å². The minimum Gasteiger partial charge on any atom is -0.444 e. The van der Waals surface area contributed by atoms with E-state index in [1.165, 1.54) is 0 Å². The van der Waals surface area contributed by atoms with Gasteiger partial charge in [0.25, 0.3) is 5.91 Å². The molecule has 0 aliphatic heterocycles. The van der Waals surface area contributed by atoms with Crippen molar-refractivity contribution in [2.24, 2.45) is 11.8 Å². The van der Waals surface area contributed by atoms with E-state index in [1.807, 2.05) is 82.3 Å². The number of aryl methyl sites for hydroxylation is 2. The zero-order valence-electron chi connectivity index (χ0n) is 26.2. The Morgan fingerprint density at radius 2 is 1.60 bits per heavy atom. The highest BCUT2D eigenvalue weighted by molar-refractivity contribution is 6.00. The topological polar surface area (TPSA) is 87.7 Å². The highest BCUT2D eigenvalue weighted by Crippen LogP contribution is 2.42. The smallest absolute Gasteiger partial charge is 0.408 e. The lowest BCUT2D eigenvalue weighted by atomic mass is 9.94. The Labute approximate surface area is 250 Å². The zero-order chi connectivity index (χ0) is 30.8. The molecule has 1 fully saturated rings. The minimum atomic E-state index is -0.885. The van der Waals surface area contributed by atoms with Gasteiger partial charge in [-0.2, -0.15) is 0 Å². The number of carbonyl (C=O) groups excluding carboxylic acids is 3. The predicted octanol–water partition coefficient (Wildman–Crippen LogP) is 7.31. The van der Waals surface area contributed by atoms with E-state index in [0.717, 1.165) is 33.9 Å². The van der Waals surface area contributed by atoms with Gasteiger partial charge < -0.3 is 20.3 Å². The molecule has 42 heavy (non-hydrogen) atoms. The third-order valence-corrected chi connectivity index (χ3v) is 7.93. The molecule has 1 saturated carbocycles. The largest absolute Gasteiger partial charge is 0.444 e. The summed E-state index contributed by atoms with van der Waals surface area (Å²) in [6.45, 7) is 15.4. The summed E-state index contributed by atoms with van der Waals surface area (Å²) >= 11 is 0. The summed E-state index contributed by atoms with van der Waals surface area (Å²) in [5.74, 6) is -0.509. The average Bonchev–Trinajstić information content (AvgIpc) is 3.63. The van der Waals surface area contributed by atoms with Gasteiger partial charge in [0.05, 0.1) is 0 Å². The molecule has 0 aromatic heterocycles. The molecule has 2 N–H and O–H groups in total. The molecule has 4 rings (SSSR count). The third kappa shape index (κ3) is 7.50. The first-order valence-electron chi connectivity index (χ1n) is 15.0. The highest BCUT2D eigenvalue weighted by atomic mass is 16.6. The highest BCUT2D eigenvalue weighted by Gasteiger charge is 2.49. The Hall–Kier alpha value is -3.87. The van der Waals surface area contributed by atoms with Crippen LogP contribution in [0.1, 0.15) is 77.1 Å². The number of carbonyl (C=O) groups is 3. The number of alkyl carbamates (subject to hydrolysis) is 1. The van der Waals surface area contributed by atoms with Gasteiger partial charge in [-0.25, -0.2) is 4.79 Å². The number of fused-ring (bicyclic) bond motifs is 1. The average molecular weight is 572 g/mol. The summed E-state index contributed by atoms with van der Waals surface area (Å²) in [6.07, 6.45) is 0.807. The van der Waals surface area contributed by atoms with Gasteiger partial charge in [-0.15, -0.1) is 0 Å². The molecule has 0 heterocycles. The maximum atomic E-state index is 14.6. The molecule has 7 nitrogen and oxygen atoms in total. The van der Waals surface area contributed by atoms with Gasteiger partial charge >= 0.3 is 6.09 Å². The molecule has 3 aromatic rings. The number of benzene rings is 3. The van der Waals surface area contributed by atoms with E-state index in [1.54, 1.807) is 25.7 Å². The Morgan fingerprint density at radius 3 is 2.17 bits per heavy atom. The molecule has 0 radical (unpaired) electrons. The van der Waals surface area contributed by atoms with Crippen LogP contribution >= 0.6 is 0 Å². The number of ether oxygens (including phenoxy) is 1. The Kier molecular flexibility index (Phi) is 9.29. The fourth-order valence-corrected chi connectivity index (χ4v) is 5.53. The molecule has 0 saturated heterocycles. The quantitative estimate of drug-likeness (QED) is 0.282. The molecule has 5 unspecified atom stereocenters. The van der Waals surface area contributed by atoms with E-state index in [4.69, 9.17) is 4.74 Å². The van der Waals surface area contributed by atoms with E-state index >= 15 is 0 Å². The fraction of sp³-hybridized carbons (Fsp3) is 0.457. The molecular formula is C35H45N3O4. The second-order valence-electron chi connectivity index (χ2n) is 12.9. The standard InChI is InChI=1S/C35H45N3O4/c1-9-23(4)30(37-34(41)42-35(6,7)8)33(40)38(29-19-24(29)5)31(27-17-21(2)16-22(3)18-27)32(39)36-28-15-14-25-12-10-11-13-26(25)20-28/h10-18,20,23-24,29-31H,9,19H2,1-8H3,(H,36,39)(H,37,41). The lowest BCUT2D eigenvalue weighted by Crippen LogP contribution is -2.55. The number of hydrogen-bond acceptors (Lipinski definition) is 4. The number of anilines is 1. The van der Waals surface area contributed by atoms with Crippen molar-refractivity contribution in [3.05, 3.63) is 77.4 Å². The first kappa shape index (κ1) is 31.1. The molecular weight excluding hydrogens is 526 g/mol. The predicted molar refractivity (Wildman–Crippen MR) is 168 cm³/mol. The van der Waals surface area contributed by atoms with Crippen molar-refractivity contribution in [1.29, 1.82) is 0 Å². The summed E-state index contributed by atoms with van der Waals surface area (Å²) in [7, 11) is 0. The molecule has 7 heteroatoms. The maximum absolute atomic E-state index is 14.6. The monoisotopic (exact) mass is 571 g/mol. The maximum Gasteiger partial charge on any atom is 0.408 e. The van der Waals surface area contributed by atoms with Gasteiger partial charge in [-0.05, 0) is 81.3 Å². The van der Waals surface area contributed by atoms with Crippen molar-refractivity contribution in [2.45, 2.75) is 92.0 Å². The van der Waals surface area contributed by atoms with Crippen molar-refractivity contribution in [2.75, 3.05) is 5.32 Å². The zero-order valence-corrected chi connectivity index (χ0v) is 26.2. The minimum absolute atomic E-state index is 0.127. The molecule has 1 aliphatic rings. The summed E-state index contributed by atoms with van der Waals surface area (Å²) in [6, 6.07) is 17.9. The van der Waals surface area contributed by atoms with Crippen LogP contribution in [0, 0.1) is 25.7 Å². The van der Waals surface area contributed by atoms with Crippen LogP contribution in [0.25, 0.3) is 10.8 Å². The van der Waals surface area contributed by atoms with Gasteiger partial charge in [0, 0.05) is 11.7 Å². The molecule has 3 aromatic carbocycles. The van der Waals surface area contributed by atoms with Crippen LogP contribution in [0.5, 0.6) is 0 Å². The van der Waals surface area contributed by atoms with Crippen LogP contribution in [-0.4, -0.2) is 40.5 Å². The molecule has 1 aliphatic carbocycles. The molecule has 0 bridgehead atoms. The lowest BCUT2D eigenvalue weighted by molar-refractivity contribution is -0.142. The summed E-state index contributed by atoms with van der Waals surface area (Å²) < 4.78 is 5.53. The molecule has 224 valence electrons. The van der Waals surface area contributed by atoms with Crippen LogP contribution in [0.3, 0.4) is 0 Å². The van der Waals surface area contributed by atoms with E-state index in [-0.39, 0.29) is 29.7 Å². The van der Waals surface area contributed by atoms with Gasteiger partial charge in [0.15, 0.2) is 0 Å². The fourth-order valence-electron chi connectivity index (χ4n) is 5.53. The van der Waals surface area contributed by atoms with Gasteiger partial charge in [-0.1, -0.05) is 86.8 Å². The van der Waals surface area contributed by atoms with Gasteiger partial charge in [0.1, 0.15) is 17.7 Å². The van der Waals surface area contributed by atoms with Crippen molar-refractivity contribution in [3.8, 4) is 0 Å². The van der Waals surface area contributed by atoms with Crippen molar-refractivity contribution >= 4 is 34.4 Å². The third-order valence-electron chi connectivity index (χ3n) is 7.93. The number of rotatable bonds is 9. The second kappa shape index (κ2) is 12.6. The number of nitrogens with one attached hydrogen (secondary N) is 2. The SMILES string of the molecule is CCC(C)C(NC(=O)OC(C)(C)C)C(=O)N(C(C(=O)Nc1ccc2ccccc2c1)c1cc(C)cc(C)c1)C1CC1C.